The highest BCUT2D eigenvalue weighted by Crippen LogP contribution is 2.24. The van der Waals surface area contributed by atoms with Crippen molar-refractivity contribution >= 4 is 28.4 Å². The Balaban J connectivity index is 0.00000264. The second-order valence-corrected chi connectivity index (χ2v) is 7.36. The molecule has 0 bridgehead atoms. The Bertz CT molecular complexity index is 628. The van der Waals surface area contributed by atoms with Gasteiger partial charge in [0.05, 0.1) is 17.6 Å². The fraction of sp³-hybridized carbons (Fsp3) is 0.533. The molecule has 1 aliphatic rings. The molecule has 0 spiro atoms. The van der Waals surface area contributed by atoms with Gasteiger partial charge in [0.15, 0.2) is 0 Å². The molecule has 1 saturated heterocycles. The zero-order chi connectivity index (χ0) is 16.2. The number of nitrogens with zero attached hydrogens (tertiary/aromatic N) is 1. The van der Waals surface area contributed by atoms with E-state index in [0.29, 0.717) is 19.0 Å². The highest BCUT2D eigenvalue weighted by Gasteiger charge is 2.29. The molecule has 0 radical (unpaired) electrons. The first-order valence-corrected chi connectivity index (χ1v) is 8.76. The number of halogens is 1. The number of sulfonamides is 1. The van der Waals surface area contributed by atoms with Crippen LogP contribution in [0.5, 0.6) is 0 Å². The highest BCUT2D eigenvalue weighted by atomic mass is 35.5. The van der Waals surface area contributed by atoms with E-state index in [1.165, 1.54) is 23.5 Å². The molecule has 2 rings (SSSR count). The molecule has 1 aromatic carbocycles. The topological polar surface area (TPSA) is 75.7 Å². The number of piperidine rings is 1. The van der Waals surface area contributed by atoms with Crippen molar-refractivity contribution in [2.24, 2.45) is 5.92 Å². The Labute approximate surface area is 143 Å². The zero-order valence-electron chi connectivity index (χ0n) is 13.3. The van der Waals surface area contributed by atoms with Gasteiger partial charge in [0.2, 0.25) is 10.0 Å². The molecule has 0 aliphatic carbocycles. The van der Waals surface area contributed by atoms with Crippen LogP contribution in [-0.2, 0) is 14.8 Å². The summed E-state index contributed by atoms with van der Waals surface area (Å²) in [5, 5.41) is 3.13. The minimum absolute atomic E-state index is 0. The van der Waals surface area contributed by atoms with Gasteiger partial charge < -0.3 is 10.1 Å². The van der Waals surface area contributed by atoms with Crippen LogP contribution in [0.15, 0.2) is 29.2 Å². The maximum Gasteiger partial charge on any atom is 0.337 e. The lowest BCUT2D eigenvalue weighted by atomic mass is 9.98. The van der Waals surface area contributed by atoms with Crippen molar-refractivity contribution in [3.8, 4) is 0 Å². The summed E-state index contributed by atoms with van der Waals surface area (Å²) in [5.74, 6) is -0.0253. The van der Waals surface area contributed by atoms with Gasteiger partial charge in [-0.25, -0.2) is 13.2 Å². The number of ether oxygens (including phenoxy) is 1. The lowest BCUT2D eigenvalue weighted by Gasteiger charge is -2.31. The molecule has 1 fully saturated rings. The maximum atomic E-state index is 12.7. The highest BCUT2D eigenvalue weighted by molar-refractivity contribution is 7.89. The van der Waals surface area contributed by atoms with E-state index >= 15 is 0 Å². The molecular weight excluding hydrogens is 340 g/mol. The van der Waals surface area contributed by atoms with E-state index in [1.54, 1.807) is 12.1 Å². The quantitative estimate of drug-likeness (QED) is 0.804. The monoisotopic (exact) mass is 362 g/mol. The van der Waals surface area contributed by atoms with Gasteiger partial charge in [0.25, 0.3) is 0 Å². The second-order valence-electron chi connectivity index (χ2n) is 5.42. The molecular formula is C15H23ClN2O4S. The standard InChI is InChI=1S/C15H22N2O4S.ClH/c1-16-11-12-6-8-17(9-7-12)22(19,20)14-5-3-4-13(10-14)15(18)21-2;/h3-5,10,12,16H,6-9,11H2,1-2H3;1H. The number of nitrogens with one attached hydrogen (secondary N) is 1. The average Bonchev–Trinajstić information content (AvgIpc) is 2.55. The number of rotatable bonds is 5. The third-order valence-electron chi connectivity index (χ3n) is 3.96. The van der Waals surface area contributed by atoms with Crippen molar-refractivity contribution in [1.82, 2.24) is 9.62 Å². The van der Waals surface area contributed by atoms with E-state index < -0.39 is 16.0 Å². The first-order chi connectivity index (χ1) is 10.5. The minimum atomic E-state index is -3.56. The lowest BCUT2D eigenvalue weighted by Crippen LogP contribution is -2.40. The number of hydrogen-bond acceptors (Lipinski definition) is 5. The summed E-state index contributed by atoms with van der Waals surface area (Å²) >= 11 is 0. The first-order valence-electron chi connectivity index (χ1n) is 7.32. The summed E-state index contributed by atoms with van der Waals surface area (Å²) < 4.78 is 31.5. The van der Waals surface area contributed by atoms with Crippen molar-refractivity contribution < 1.29 is 17.9 Å². The smallest absolute Gasteiger partial charge is 0.337 e. The van der Waals surface area contributed by atoms with Crippen molar-refractivity contribution in [3.63, 3.8) is 0 Å². The molecule has 1 aliphatic heterocycles. The predicted octanol–water partition coefficient (Wildman–Crippen LogP) is 1.52. The molecule has 8 heteroatoms. The molecule has 0 amide bonds. The molecule has 1 heterocycles. The Kier molecular flexibility index (Phi) is 7.47. The van der Waals surface area contributed by atoms with Crippen molar-refractivity contribution in [2.75, 3.05) is 33.8 Å². The van der Waals surface area contributed by atoms with Gasteiger partial charge in [0, 0.05) is 13.1 Å². The molecule has 23 heavy (non-hydrogen) atoms. The SMILES string of the molecule is CNCC1CCN(S(=O)(=O)c2cccc(C(=O)OC)c2)CC1.Cl. The fourth-order valence-electron chi connectivity index (χ4n) is 2.69. The normalized spacial score (nSPS) is 16.6. The number of hydrogen-bond donors (Lipinski definition) is 1. The van der Waals surface area contributed by atoms with Crippen molar-refractivity contribution in [2.45, 2.75) is 17.7 Å². The van der Waals surface area contributed by atoms with Crippen LogP contribution in [0.1, 0.15) is 23.2 Å². The number of benzene rings is 1. The van der Waals surface area contributed by atoms with Crippen molar-refractivity contribution in [1.29, 1.82) is 0 Å². The third kappa shape index (κ3) is 4.67. The van der Waals surface area contributed by atoms with Crippen LogP contribution in [0.2, 0.25) is 0 Å². The Morgan fingerprint density at radius 1 is 1.35 bits per heavy atom. The summed E-state index contributed by atoms with van der Waals surface area (Å²) in [6, 6.07) is 6.00. The molecule has 0 unspecified atom stereocenters. The van der Waals surface area contributed by atoms with E-state index in [4.69, 9.17) is 0 Å². The van der Waals surface area contributed by atoms with Gasteiger partial charge in [-0.1, -0.05) is 6.07 Å². The van der Waals surface area contributed by atoms with Gasteiger partial charge in [0.1, 0.15) is 0 Å². The Morgan fingerprint density at radius 2 is 2.00 bits per heavy atom. The van der Waals surface area contributed by atoms with Crippen LogP contribution in [-0.4, -0.2) is 52.5 Å². The van der Waals surface area contributed by atoms with Crippen LogP contribution in [0, 0.1) is 5.92 Å². The molecule has 0 aromatic heterocycles. The van der Waals surface area contributed by atoms with E-state index in [2.05, 4.69) is 10.1 Å². The third-order valence-corrected chi connectivity index (χ3v) is 5.85. The van der Waals surface area contributed by atoms with Crippen LogP contribution >= 0.6 is 12.4 Å². The largest absolute Gasteiger partial charge is 0.465 e. The Hall–Kier alpha value is -1.15. The van der Waals surface area contributed by atoms with Crippen LogP contribution in [0.3, 0.4) is 0 Å². The summed E-state index contributed by atoms with van der Waals surface area (Å²) in [5.41, 5.74) is 0.244. The molecule has 1 N–H and O–H groups in total. The minimum Gasteiger partial charge on any atom is -0.465 e. The maximum absolute atomic E-state index is 12.7. The van der Waals surface area contributed by atoms with Crippen molar-refractivity contribution in [3.05, 3.63) is 29.8 Å². The van der Waals surface area contributed by atoms with Gasteiger partial charge >= 0.3 is 5.97 Å². The van der Waals surface area contributed by atoms with E-state index in [-0.39, 0.29) is 22.9 Å². The molecule has 1 aromatic rings. The van der Waals surface area contributed by atoms with Crippen LogP contribution in [0.25, 0.3) is 0 Å². The number of esters is 1. The summed E-state index contributed by atoms with van der Waals surface area (Å²) in [6.45, 7) is 1.93. The number of carbonyl (C=O) groups excluding carboxylic acids is 1. The summed E-state index contributed by atoms with van der Waals surface area (Å²) in [6.07, 6.45) is 1.69. The van der Waals surface area contributed by atoms with E-state index in [9.17, 15) is 13.2 Å². The van der Waals surface area contributed by atoms with Crippen LogP contribution < -0.4 is 5.32 Å². The van der Waals surface area contributed by atoms with Gasteiger partial charge in [-0.3, -0.25) is 0 Å². The number of methoxy groups -OCH3 is 1. The second kappa shape index (κ2) is 8.63. The molecule has 0 saturated carbocycles. The Morgan fingerprint density at radius 3 is 2.57 bits per heavy atom. The van der Waals surface area contributed by atoms with Gasteiger partial charge in [-0.05, 0) is 50.6 Å². The lowest BCUT2D eigenvalue weighted by molar-refractivity contribution is 0.0600. The van der Waals surface area contributed by atoms with E-state index in [1.807, 2.05) is 7.05 Å². The van der Waals surface area contributed by atoms with Gasteiger partial charge in [-0.2, -0.15) is 4.31 Å². The molecule has 6 nitrogen and oxygen atoms in total. The van der Waals surface area contributed by atoms with Gasteiger partial charge in [-0.15, -0.1) is 12.4 Å². The summed E-state index contributed by atoms with van der Waals surface area (Å²) in [7, 11) is -0.381. The number of carbonyl (C=O) groups is 1. The molecule has 0 atom stereocenters. The predicted molar refractivity (Wildman–Crippen MR) is 90.4 cm³/mol. The summed E-state index contributed by atoms with van der Waals surface area (Å²) in [4.78, 5) is 11.7. The average molecular weight is 363 g/mol. The molecule has 130 valence electrons. The van der Waals surface area contributed by atoms with Crippen LogP contribution in [0.4, 0.5) is 0 Å². The fourth-order valence-corrected chi connectivity index (χ4v) is 4.21. The zero-order valence-corrected chi connectivity index (χ0v) is 15.0. The first kappa shape index (κ1) is 19.9. The van der Waals surface area contributed by atoms with E-state index in [0.717, 1.165) is 19.4 Å².